The first-order valence-electron chi connectivity index (χ1n) is 5.26. The van der Waals surface area contributed by atoms with Crippen LogP contribution in [0.2, 0.25) is 5.02 Å². The summed E-state index contributed by atoms with van der Waals surface area (Å²) in [4.78, 5) is 3.71. The molecule has 0 aliphatic rings. The van der Waals surface area contributed by atoms with E-state index in [1.807, 2.05) is 0 Å². The topological polar surface area (TPSA) is 37.0 Å². The summed E-state index contributed by atoms with van der Waals surface area (Å²) in [5.74, 6) is -2.63. The lowest BCUT2D eigenvalue weighted by Crippen LogP contribution is -2.03. The molecule has 3 nitrogen and oxygen atoms in total. The van der Waals surface area contributed by atoms with Gasteiger partial charge < -0.3 is 10.6 Å². The monoisotopic (exact) mass is 287 g/mol. The molecule has 2 aromatic rings. The number of hydrogen-bond acceptors (Lipinski definition) is 3. The van der Waals surface area contributed by atoms with Gasteiger partial charge in [-0.05, 0) is 18.2 Å². The van der Waals surface area contributed by atoms with Gasteiger partial charge in [-0.2, -0.15) is 0 Å². The highest BCUT2D eigenvalue weighted by molar-refractivity contribution is 6.30. The predicted molar refractivity (Wildman–Crippen MR) is 68.4 cm³/mol. The standard InChI is InChI=1S/C12H9ClF3N3/c1-17-11-9(15)5-10(16)12(19-11)18-8-3-6(13)2-7(14)4-8/h2-5H,1H3,(H2,17,18,19). The molecule has 0 amide bonds. The second-order valence-corrected chi connectivity index (χ2v) is 4.12. The third-order valence-electron chi connectivity index (χ3n) is 2.29. The zero-order valence-corrected chi connectivity index (χ0v) is 10.5. The molecule has 0 fully saturated rings. The molecule has 0 bridgehead atoms. The summed E-state index contributed by atoms with van der Waals surface area (Å²) in [6.45, 7) is 0. The van der Waals surface area contributed by atoms with Gasteiger partial charge in [0.05, 0.1) is 0 Å². The SMILES string of the molecule is CNc1nc(Nc2cc(F)cc(Cl)c2)c(F)cc1F. The van der Waals surface area contributed by atoms with E-state index in [-0.39, 0.29) is 22.3 Å². The van der Waals surface area contributed by atoms with Gasteiger partial charge in [-0.1, -0.05) is 11.6 Å². The smallest absolute Gasteiger partial charge is 0.169 e. The van der Waals surface area contributed by atoms with Crippen molar-refractivity contribution in [2.75, 3.05) is 17.7 Å². The van der Waals surface area contributed by atoms with Crippen LogP contribution in [-0.2, 0) is 0 Å². The van der Waals surface area contributed by atoms with Gasteiger partial charge in [0.1, 0.15) is 5.82 Å². The molecule has 100 valence electrons. The van der Waals surface area contributed by atoms with E-state index in [9.17, 15) is 13.2 Å². The van der Waals surface area contributed by atoms with Crippen LogP contribution in [-0.4, -0.2) is 12.0 Å². The van der Waals surface area contributed by atoms with Gasteiger partial charge in [0.2, 0.25) is 0 Å². The van der Waals surface area contributed by atoms with Crippen LogP contribution < -0.4 is 10.6 Å². The van der Waals surface area contributed by atoms with E-state index in [0.29, 0.717) is 6.07 Å². The Morgan fingerprint density at radius 1 is 1.00 bits per heavy atom. The van der Waals surface area contributed by atoms with E-state index in [4.69, 9.17) is 11.6 Å². The highest BCUT2D eigenvalue weighted by Crippen LogP contribution is 2.24. The van der Waals surface area contributed by atoms with E-state index in [1.165, 1.54) is 13.1 Å². The lowest BCUT2D eigenvalue weighted by Gasteiger charge is -2.09. The van der Waals surface area contributed by atoms with Crippen LogP contribution >= 0.6 is 11.6 Å². The van der Waals surface area contributed by atoms with Gasteiger partial charge in [-0.3, -0.25) is 0 Å². The quantitative estimate of drug-likeness (QED) is 0.898. The summed E-state index contributed by atoms with van der Waals surface area (Å²) in [6.07, 6.45) is 0. The third-order valence-corrected chi connectivity index (χ3v) is 2.51. The number of nitrogens with one attached hydrogen (secondary N) is 2. The van der Waals surface area contributed by atoms with Gasteiger partial charge in [-0.15, -0.1) is 0 Å². The first-order valence-corrected chi connectivity index (χ1v) is 5.64. The summed E-state index contributed by atoms with van der Waals surface area (Å²) >= 11 is 5.67. The molecule has 0 unspecified atom stereocenters. The fraction of sp³-hybridized carbons (Fsp3) is 0.0833. The molecule has 2 rings (SSSR count). The van der Waals surface area contributed by atoms with Crippen molar-refractivity contribution in [2.45, 2.75) is 0 Å². The van der Waals surface area contributed by atoms with E-state index in [2.05, 4.69) is 15.6 Å². The molecule has 0 aliphatic heterocycles. The van der Waals surface area contributed by atoms with Crippen LogP contribution in [0.25, 0.3) is 0 Å². The van der Waals surface area contributed by atoms with E-state index < -0.39 is 17.5 Å². The minimum atomic E-state index is -0.892. The van der Waals surface area contributed by atoms with E-state index in [1.54, 1.807) is 0 Å². The average molecular weight is 288 g/mol. The van der Waals surface area contributed by atoms with Gasteiger partial charge in [0.15, 0.2) is 23.3 Å². The maximum atomic E-state index is 13.5. The van der Waals surface area contributed by atoms with Crippen molar-refractivity contribution in [3.63, 3.8) is 0 Å². The third kappa shape index (κ3) is 3.08. The molecule has 0 saturated heterocycles. The lowest BCUT2D eigenvalue weighted by molar-refractivity contribution is 0.580. The molecule has 0 saturated carbocycles. The molecule has 19 heavy (non-hydrogen) atoms. The fourth-order valence-electron chi connectivity index (χ4n) is 1.49. The molecular weight excluding hydrogens is 279 g/mol. The van der Waals surface area contributed by atoms with Crippen molar-refractivity contribution < 1.29 is 13.2 Å². The van der Waals surface area contributed by atoms with Gasteiger partial charge in [0.25, 0.3) is 0 Å². The minimum Gasteiger partial charge on any atom is -0.371 e. The van der Waals surface area contributed by atoms with Crippen molar-refractivity contribution in [3.05, 3.63) is 46.7 Å². The molecule has 0 radical (unpaired) electrons. The van der Waals surface area contributed by atoms with Crippen LogP contribution in [0, 0.1) is 17.5 Å². The molecule has 2 N–H and O–H groups in total. The molecular formula is C12H9ClF3N3. The van der Waals surface area contributed by atoms with Gasteiger partial charge >= 0.3 is 0 Å². The van der Waals surface area contributed by atoms with Crippen LogP contribution in [0.4, 0.5) is 30.5 Å². The molecule has 7 heteroatoms. The molecule has 0 atom stereocenters. The van der Waals surface area contributed by atoms with Crippen LogP contribution in [0.5, 0.6) is 0 Å². The summed E-state index contributed by atoms with van der Waals surface area (Å²) in [5.41, 5.74) is 0.213. The van der Waals surface area contributed by atoms with Crippen LogP contribution in [0.1, 0.15) is 0 Å². The highest BCUT2D eigenvalue weighted by Gasteiger charge is 2.11. The zero-order chi connectivity index (χ0) is 14.0. The second-order valence-electron chi connectivity index (χ2n) is 3.68. The number of rotatable bonds is 3. The fourth-order valence-corrected chi connectivity index (χ4v) is 1.71. The van der Waals surface area contributed by atoms with Crippen molar-refractivity contribution in [3.8, 4) is 0 Å². The van der Waals surface area contributed by atoms with Gasteiger partial charge in [-0.25, -0.2) is 18.2 Å². The number of benzene rings is 1. The predicted octanol–water partition coefficient (Wildman–Crippen LogP) is 3.94. The average Bonchev–Trinajstić information content (AvgIpc) is 2.31. The summed E-state index contributed by atoms with van der Waals surface area (Å²) in [6, 6.07) is 4.31. The Balaban J connectivity index is 2.37. The highest BCUT2D eigenvalue weighted by atomic mass is 35.5. The molecule has 1 aromatic heterocycles. The number of aromatic nitrogens is 1. The Kier molecular flexibility index (Phi) is 3.80. The van der Waals surface area contributed by atoms with Crippen LogP contribution in [0.3, 0.4) is 0 Å². The maximum Gasteiger partial charge on any atom is 0.169 e. The lowest BCUT2D eigenvalue weighted by atomic mass is 10.3. The Labute approximate surface area is 112 Å². The molecule has 0 spiro atoms. The van der Waals surface area contributed by atoms with Gasteiger partial charge in [0, 0.05) is 23.8 Å². The zero-order valence-electron chi connectivity index (χ0n) is 9.77. The van der Waals surface area contributed by atoms with Crippen molar-refractivity contribution in [2.24, 2.45) is 0 Å². The number of anilines is 3. The molecule has 0 aliphatic carbocycles. The Morgan fingerprint density at radius 2 is 1.68 bits per heavy atom. The number of pyridine rings is 1. The Bertz CT molecular complexity index is 599. The second kappa shape index (κ2) is 5.36. The van der Waals surface area contributed by atoms with E-state index >= 15 is 0 Å². The number of hydrogen-bond donors (Lipinski definition) is 2. The summed E-state index contributed by atoms with van der Waals surface area (Å²) in [5, 5.41) is 5.17. The van der Waals surface area contributed by atoms with E-state index in [0.717, 1.165) is 12.1 Å². The number of halogens is 4. The van der Waals surface area contributed by atoms with Crippen LogP contribution in [0.15, 0.2) is 24.3 Å². The normalized spacial score (nSPS) is 10.4. The Morgan fingerprint density at radius 3 is 2.32 bits per heavy atom. The van der Waals surface area contributed by atoms with Crippen molar-refractivity contribution in [1.82, 2.24) is 4.98 Å². The Hall–Kier alpha value is -1.95. The number of nitrogens with zero attached hydrogens (tertiary/aromatic N) is 1. The summed E-state index contributed by atoms with van der Waals surface area (Å²) < 4.78 is 39.9. The molecule has 1 heterocycles. The maximum absolute atomic E-state index is 13.5. The van der Waals surface area contributed by atoms with Crippen molar-refractivity contribution >= 4 is 28.9 Å². The minimum absolute atomic E-state index is 0.119. The summed E-state index contributed by atoms with van der Waals surface area (Å²) in [7, 11) is 1.45. The first kappa shape index (κ1) is 13.5. The largest absolute Gasteiger partial charge is 0.371 e. The molecule has 1 aromatic carbocycles. The first-order chi connectivity index (χ1) is 8.99. The van der Waals surface area contributed by atoms with Crippen molar-refractivity contribution in [1.29, 1.82) is 0 Å².